The summed E-state index contributed by atoms with van der Waals surface area (Å²) in [6.45, 7) is 2.08. The Kier molecular flexibility index (Phi) is 7.76. The molecular weight excluding hydrogens is 388 g/mol. The molecule has 0 aromatic carbocycles. The summed E-state index contributed by atoms with van der Waals surface area (Å²) in [7, 11) is 0. The molecule has 2 aliphatic carbocycles. The topological polar surface area (TPSA) is 89.8 Å². The number of H-pyrrole nitrogens is 2. The zero-order chi connectivity index (χ0) is 21.5. The van der Waals surface area contributed by atoms with Crippen LogP contribution in [0.4, 0.5) is 0 Å². The smallest absolute Gasteiger partial charge is 0.248 e. The average Bonchev–Trinajstić information content (AvgIpc) is 2.77. The van der Waals surface area contributed by atoms with Crippen molar-refractivity contribution < 1.29 is 0 Å². The highest BCUT2D eigenvalue weighted by Crippen LogP contribution is 2.28. The number of aryl methyl sites for hydroxylation is 2. The van der Waals surface area contributed by atoms with Crippen molar-refractivity contribution in [3.8, 4) is 0 Å². The number of hydrogen-bond acceptors (Lipinski definition) is 4. The van der Waals surface area contributed by atoms with Crippen molar-refractivity contribution in [1.82, 2.24) is 20.6 Å². The van der Waals surface area contributed by atoms with Gasteiger partial charge < -0.3 is 20.6 Å². The van der Waals surface area contributed by atoms with Crippen LogP contribution in [0.2, 0.25) is 0 Å². The van der Waals surface area contributed by atoms with Crippen molar-refractivity contribution in [3.63, 3.8) is 0 Å². The molecule has 0 saturated heterocycles. The maximum atomic E-state index is 11.5. The molecule has 0 spiro atoms. The van der Waals surface area contributed by atoms with E-state index in [1.165, 1.54) is 43.2 Å². The van der Waals surface area contributed by atoms with E-state index in [2.05, 4.69) is 20.6 Å². The predicted molar refractivity (Wildman–Crippen MR) is 125 cm³/mol. The van der Waals surface area contributed by atoms with E-state index in [1.807, 2.05) is 12.1 Å². The van der Waals surface area contributed by atoms with E-state index >= 15 is 0 Å². The van der Waals surface area contributed by atoms with Gasteiger partial charge in [-0.05, 0) is 75.6 Å². The lowest BCUT2D eigenvalue weighted by molar-refractivity contribution is 0.434. The van der Waals surface area contributed by atoms with Crippen molar-refractivity contribution in [2.24, 2.45) is 0 Å². The Morgan fingerprint density at radius 1 is 0.677 bits per heavy atom. The zero-order valence-electron chi connectivity index (χ0n) is 18.5. The summed E-state index contributed by atoms with van der Waals surface area (Å²) in [6, 6.07) is 8.08. The highest BCUT2D eigenvalue weighted by atomic mass is 16.1. The van der Waals surface area contributed by atoms with Crippen LogP contribution in [0.15, 0.2) is 33.9 Å². The minimum Gasteiger partial charge on any atom is -0.326 e. The van der Waals surface area contributed by atoms with Gasteiger partial charge in [0, 0.05) is 35.6 Å². The Hall–Kier alpha value is -2.18. The van der Waals surface area contributed by atoms with E-state index in [-0.39, 0.29) is 11.1 Å². The fourth-order valence-corrected chi connectivity index (χ4v) is 5.16. The lowest BCUT2D eigenvalue weighted by Gasteiger charge is -2.26. The first kappa shape index (κ1) is 22.0. The normalized spacial score (nSPS) is 20.3. The van der Waals surface area contributed by atoms with Crippen LogP contribution in [0.25, 0.3) is 0 Å². The molecule has 2 unspecified atom stereocenters. The summed E-state index contributed by atoms with van der Waals surface area (Å²) in [5.74, 6) is 0. The molecule has 6 nitrogen and oxygen atoms in total. The lowest BCUT2D eigenvalue weighted by Crippen LogP contribution is -2.28. The van der Waals surface area contributed by atoms with Gasteiger partial charge in [-0.25, -0.2) is 0 Å². The van der Waals surface area contributed by atoms with Gasteiger partial charge in [0.15, 0.2) is 0 Å². The van der Waals surface area contributed by atoms with Crippen molar-refractivity contribution in [2.45, 2.75) is 82.7 Å². The maximum Gasteiger partial charge on any atom is 0.248 e. The third-order valence-corrected chi connectivity index (χ3v) is 6.80. The van der Waals surface area contributed by atoms with Crippen LogP contribution >= 0.6 is 0 Å². The van der Waals surface area contributed by atoms with Crippen molar-refractivity contribution in [3.05, 3.63) is 67.5 Å². The second-order valence-corrected chi connectivity index (χ2v) is 9.08. The number of aromatic nitrogens is 2. The first-order chi connectivity index (χ1) is 15.2. The van der Waals surface area contributed by atoms with E-state index in [4.69, 9.17) is 0 Å². The van der Waals surface area contributed by atoms with E-state index < -0.39 is 0 Å². The largest absolute Gasteiger partial charge is 0.326 e. The van der Waals surface area contributed by atoms with Gasteiger partial charge in [0.25, 0.3) is 0 Å². The van der Waals surface area contributed by atoms with Gasteiger partial charge in [0.05, 0.1) is 0 Å². The van der Waals surface area contributed by atoms with E-state index in [9.17, 15) is 9.59 Å². The predicted octanol–water partition coefficient (Wildman–Crippen LogP) is 3.65. The number of unbranched alkanes of at least 4 members (excludes halogenated alkanes) is 4. The molecule has 2 aliphatic rings. The second-order valence-electron chi connectivity index (χ2n) is 9.08. The van der Waals surface area contributed by atoms with Gasteiger partial charge in [0.1, 0.15) is 0 Å². The molecular formula is C25H36N4O2. The molecule has 168 valence electrons. The van der Waals surface area contributed by atoms with Crippen LogP contribution in [-0.4, -0.2) is 23.1 Å². The number of aromatic amines is 2. The van der Waals surface area contributed by atoms with Crippen LogP contribution in [-0.2, 0) is 12.8 Å². The molecule has 0 saturated carbocycles. The molecule has 2 atom stereocenters. The first-order valence-corrected chi connectivity index (χ1v) is 12.1. The van der Waals surface area contributed by atoms with Gasteiger partial charge in [-0.3, -0.25) is 9.59 Å². The van der Waals surface area contributed by atoms with Gasteiger partial charge in [0.2, 0.25) is 11.1 Å². The summed E-state index contributed by atoms with van der Waals surface area (Å²) in [4.78, 5) is 29.0. The fraction of sp³-hybridized carbons (Fsp3) is 0.600. The summed E-state index contributed by atoms with van der Waals surface area (Å²) in [5, 5.41) is 7.39. The zero-order valence-corrected chi connectivity index (χ0v) is 18.5. The highest BCUT2D eigenvalue weighted by molar-refractivity contribution is 5.27. The van der Waals surface area contributed by atoms with Gasteiger partial charge in [-0.1, -0.05) is 31.4 Å². The number of nitrogens with one attached hydrogen (secondary N) is 4. The molecule has 0 radical (unpaired) electrons. The molecule has 0 bridgehead atoms. The van der Waals surface area contributed by atoms with Crippen molar-refractivity contribution in [2.75, 3.05) is 13.1 Å². The minimum atomic E-state index is 0.0107. The van der Waals surface area contributed by atoms with Crippen molar-refractivity contribution >= 4 is 0 Å². The number of rotatable bonds is 10. The molecule has 6 heteroatoms. The number of fused-ring (bicyclic) bond motifs is 2. The highest BCUT2D eigenvalue weighted by Gasteiger charge is 2.21. The van der Waals surface area contributed by atoms with Gasteiger partial charge in [-0.15, -0.1) is 0 Å². The number of pyridine rings is 2. The molecule has 31 heavy (non-hydrogen) atoms. The van der Waals surface area contributed by atoms with E-state index in [1.54, 1.807) is 12.1 Å². The third-order valence-electron chi connectivity index (χ3n) is 6.80. The molecule has 2 heterocycles. The standard InChI is InChI=1S/C25H36N4O2/c30-24-14-12-18-20(8-6-10-22(18)28-24)26-16-4-2-1-3-5-17-27-21-9-7-11-23-19(21)13-15-25(31)29-23/h12-15,20-21,26-27H,1-11,16-17H2,(H,28,30)(H,29,31). The Balaban J connectivity index is 1.08. The quantitative estimate of drug-likeness (QED) is 0.438. The maximum absolute atomic E-state index is 11.5. The van der Waals surface area contributed by atoms with Gasteiger partial charge in [-0.2, -0.15) is 0 Å². The van der Waals surface area contributed by atoms with Crippen molar-refractivity contribution in [1.29, 1.82) is 0 Å². The van der Waals surface area contributed by atoms with Crippen LogP contribution in [0.5, 0.6) is 0 Å². The van der Waals surface area contributed by atoms with Crippen LogP contribution in [0.3, 0.4) is 0 Å². The molecule has 0 amide bonds. The Bertz CT molecular complexity index is 887. The fourth-order valence-electron chi connectivity index (χ4n) is 5.16. The third kappa shape index (κ3) is 5.95. The lowest BCUT2D eigenvalue weighted by atomic mass is 9.91. The first-order valence-electron chi connectivity index (χ1n) is 12.1. The van der Waals surface area contributed by atoms with Crippen LogP contribution in [0.1, 0.15) is 92.4 Å². The molecule has 0 aliphatic heterocycles. The molecule has 4 rings (SSSR count). The number of hydrogen-bond donors (Lipinski definition) is 4. The molecule has 0 fully saturated rings. The SMILES string of the molecule is O=c1ccc2c([nH]1)CCCC2NCCCCCCCNC1CCCc2[nH]c(=O)ccc21. The monoisotopic (exact) mass is 424 g/mol. The van der Waals surface area contributed by atoms with Gasteiger partial charge >= 0.3 is 0 Å². The van der Waals surface area contributed by atoms with E-state index in [0.29, 0.717) is 12.1 Å². The van der Waals surface area contributed by atoms with Crippen LogP contribution < -0.4 is 21.8 Å². The molecule has 2 aromatic heterocycles. The summed E-state index contributed by atoms with van der Waals surface area (Å²) in [6.07, 6.45) is 12.7. The van der Waals surface area contributed by atoms with E-state index in [0.717, 1.165) is 63.0 Å². The van der Waals surface area contributed by atoms with Crippen LogP contribution in [0, 0.1) is 0 Å². The summed E-state index contributed by atoms with van der Waals surface area (Å²) >= 11 is 0. The minimum absolute atomic E-state index is 0.0107. The Morgan fingerprint density at radius 3 is 1.61 bits per heavy atom. The average molecular weight is 425 g/mol. The molecule has 2 aromatic rings. The summed E-state index contributed by atoms with van der Waals surface area (Å²) in [5.41, 5.74) is 4.83. The molecule has 4 N–H and O–H groups in total. The summed E-state index contributed by atoms with van der Waals surface area (Å²) < 4.78 is 0. The Labute approximate surface area is 184 Å². The Morgan fingerprint density at radius 2 is 1.13 bits per heavy atom. The second kappa shape index (κ2) is 10.9.